The quantitative estimate of drug-likeness (QED) is 0.803. The number of rotatable bonds is 2. The molecule has 5 nitrogen and oxygen atoms in total. The number of nitrogens with two attached hydrogens (primary N) is 1. The second kappa shape index (κ2) is 4.35. The van der Waals surface area contributed by atoms with Crippen LogP contribution in [0.2, 0.25) is 0 Å². The van der Waals surface area contributed by atoms with Crippen LogP contribution in [0.4, 0.5) is 5.69 Å². The predicted octanol–water partition coefficient (Wildman–Crippen LogP) is 1.94. The van der Waals surface area contributed by atoms with Crippen molar-refractivity contribution in [3.05, 3.63) is 24.1 Å². The summed E-state index contributed by atoms with van der Waals surface area (Å²) in [5.74, 6) is 0.674. The highest BCUT2D eigenvalue weighted by Crippen LogP contribution is 2.20. The van der Waals surface area contributed by atoms with E-state index in [1.807, 2.05) is 23.3 Å². The molecule has 0 bridgehead atoms. The second-order valence-corrected chi connectivity index (χ2v) is 4.24. The van der Waals surface area contributed by atoms with Gasteiger partial charge >= 0.3 is 0 Å². The highest BCUT2D eigenvalue weighted by molar-refractivity contribution is 5.76. The maximum atomic E-state index is 5.70. The van der Waals surface area contributed by atoms with E-state index in [-0.39, 0.29) is 0 Å². The SMILES string of the molecule is Nc1ccc2oc(CN3CCCCO3)nc2c1. The number of hydrogen-bond acceptors (Lipinski definition) is 5. The summed E-state index contributed by atoms with van der Waals surface area (Å²) in [6.07, 6.45) is 2.29. The van der Waals surface area contributed by atoms with Crippen LogP contribution < -0.4 is 5.73 Å². The van der Waals surface area contributed by atoms with Gasteiger partial charge in [0, 0.05) is 12.2 Å². The second-order valence-electron chi connectivity index (χ2n) is 4.24. The molecule has 17 heavy (non-hydrogen) atoms. The summed E-state index contributed by atoms with van der Waals surface area (Å²) in [6, 6.07) is 5.48. The molecule has 0 aliphatic carbocycles. The lowest BCUT2D eigenvalue weighted by molar-refractivity contribution is -0.190. The van der Waals surface area contributed by atoms with Crippen molar-refractivity contribution in [2.24, 2.45) is 0 Å². The monoisotopic (exact) mass is 233 g/mol. The molecular formula is C12H15N3O2. The van der Waals surface area contributed by atoms with Gasteiger partial charge in [-0.25, -0.2) is 4.98 Å². The first kappa shape index (κ1) is 10.6. The van der Waals surface area contributed by atoms with Crippen LogP contribution in [0.5, 0.6) is 0 Å². The molecule has 1 aromatic carbocycles. The van der Waals surface area contributed by atoms with Crippen molar-refractivity contribution in [1.29, 1.82) is 0 Å². The Balaban J connectivity index is 1.80. The van der Waals surface area contributed by atoms with Crippen LogP contribution in [0.3, 0.4) is 0 Å². The minimum absolute atomic E-state index is 0.592. The number of hydrogen-bond donors (Lipinski definition) is 1. The van der Waals surface area contributed by atoms with Gasteiger partial charge in [-0.2, -0.15) is 5.06 Å². The number of hydroxylamine groups is 2. The number of aromatic nitrogens is 1. The van der Waals surface area contributed by atoms with Crippen LogP contribution >= 0.6 is 0 Å². The highest BCUT2D eigenvalue weighted by atomic mass is 16.7. The van der Waals surface area contributed by atoms with E-state index in [0.29, 0.717) is 18.1 Å². The molecule has 5 heteroatoms. The average molecular weight is 233 g/mol. The number of nitrogens with zero attached hydrogens (tertiary/aromatic N) is 2. The molecular weight excluding hydrogens is 218 g/mol. The van der Waals surface area contributed by atoms with E-state index in [1.165, 1.54) is 0 Å². The molecule has 0 unspecified atom stereocenters. The van der Waals surface area contributed by atoms with Gasteiger partial charge in [0.05, 0.1) is 6.61 Å². The first-order chi connectivity index (χ1) is 8.31. The van der Waals surface area contributed by atoms with Crippen molar-refractivity contribution in [1.82, 2.24) is 10.0 Å². The zero-order valence-corrected chi connectivity index (χ0v) is 9.56. The molecule has 2 heterocycles. The van der Waals surface area contributed by atoms with Crippen molar-refractivity contribution in [2.45, 2.75) is 19.4 Å². The van der Waals surface area contributed by atoms with Gasteiger partial charge in [-0.05, 0) is 31.0 Å². The molecule has 0 radical (unpaired) electrons. The molecule has 0 spiro atoms. The van der Waals surface area contributed by atoms with Crippen LogP contribution in [0.15, 0.2) is 22.6 Å². The van der Waals surface area contributed by atoms with Crippen LogP contribution in [0.25, 0.3) is 11.1 Å². The van der Waals surface area contributed by atoms with Crippen molar-refractivity contribution in [3.63, 3.8) is 0 Å². The van der Waals surface area contributed by atoms with Gasteiger partial charge < -0.3 is 10.2 Å². The van der Waals surface area contributed by atoms with Crippen LogP contribution in [-0.2, 0) is 11.4 Å². The molecule has 0 amide bonds. The first-order valence-corrected chi connectivity index (χ1v) is 5.84. The minimum atomic E-state index is 0.592. The van der Waals surface area contributed by atoms with Gasteiger partial charge in [0.25, 0.3) is 0 Å². The van der Waals surface area contributed by atoms with Crippen molar-refractivity contribution in [2.75, 3.05) is 18.9 Å². The summed E-state index contributed by atoms with van der Waals surface area (Å²) in [6.45, 7) is 2.31. The summed E-state index contributed by atoms with van der Waals surface area (Å²) in [5.41, 5.74) is 7.97. The normalized spacial score (nSPS) is 17.6. The summed E-state index contributed by atoms with van der Waals surface area (Å²) in [5, 5.41) is 1.90. The minimum Gasteiger partial charge on any atom is -0.439 e. The molecule has 2 N–H and O–H groups in total. The average Bonchev–Trinajstić information content (AvgIpc) is 2.71. The predicted molar refractivity (Wildman–Crippen MR) is 64.0 cm³/mol. The fraction of sp³-hybridized carbons (Fsp3) is 0.417. The van der Waals surface area contributed by atoms with E-state index in [1.54, 1.807) is 0 Å². The number of nitrogen functional groups attached to an aromatic ring is 1. The number of fused-ring (bicyclic) bond motifs is 1. The lowest BCUT2D eigenvalue weighted by Crippen LogP contribution is -2.29. The van der Waals surface area contributed by atoms with E-state index in [9.17, 15) is 0 Å². The Morgan fingerprint density at radius 2 is 2.29 bits per heavy atom. The molecule has 1 aliphatic heterocycles. The summed E-state index contributed by atoms with van der Waals surface area (Å²) < 4.78 is 5.64. The first-order valence-electron chi connectivity index (χ1n) is 5.84. The molecule has 0 saturated carbocycles. The number of oxazole rings is 1. The Morgan fingerprint density at radius 1 is 1.35 bits per heavy atom. The Morgan fingerprint density at radius 3 is 3.12 bits per heavy atom. The lowest BCUT2D eigenvalue weighted by Gasteiger charge is -2.24. The number of anilines is 1. The van der Waals surface area contributed by atoms with Crippen molar-refractivity contribution >= 4 is 16.8 Å². The molecule has 3 rings (SSSR count). The van der Waals surface area contributed by atoms with Gasteiger partial charge in [-0.3, -0.25) is 4.84 Å². The molecule has 0 atom stereocenters. The zero-order chi connectivity index (χ0) is 11.7. The van der Waals surface area contributed by atoms with Gasteiger partial charge in [0.1, 0.15) is 12.1 Å². The molecule has 1 saturated heterocycles. The van der Waals surface area contributed by atoms with Gasteiger partial charge in [0.2, 0.25) is 5.89 Å². The van der Waals surface area contributed by atoms with E-state index in [4.69, 9.17) is 15.0 Å². The standard InChI is InChI=1S/C12H15N3O2/c13-9-3-4-11-10(7-9)14-12(17-11)8-15-5-1-2-6-16-15/h3-4,7H,1-2,5-6,8,13H2. The largest absolute Gasteiger partial charge is 0.439 e. The van der Waals surface area contributed by atoms with E-state index < -0.39 is 0 Å². The van der Waals surface area contributed by atoms with Crippen LogP contribution in [-0.4, -0.2) is 23.2 Å². The van der Waals surface area contributed by atoms with Gasteiger partial charge in [-0.15, -0.1) is 0 Å². The Hall–Kier alpha value is -1.59. The maximum Gasteiger partial charge on any atom is 0.212 e. The van der Waals surface area contributed by atoms with Crippen molar-refractivity contribution in [3.8, 4) is 0 Å². The fourth-order valence-corrected chi connectivity index (χ4v) is 1.98. The molecule has 90 valence electrons. The zero-order valence-electron chi connectivity index (χ0n) is 9.56. The summed E-state index contributed by atoms with van der Waals surface area (Å²) >= 11 is 0. The lowest BCUT2D eigenvalue weighted by atomic mass is 10.3. The highest BCUT2D eigenvalue weighted by Gasteiger charge is 2.14. The third-order valence-electron chi connectivity index (χ3n) is 2.84. The Labute approximate surface area is 99.1 Å². The van der Waals surface area contributed by atoms with E-state index in [2.05, 4.69) is 4.98 Å². The maximum absolute atomic E-state index is 5.70. The van der Waals surface area contributed by atoms with Crippen molar-refractivity contribution < 1.29 is 9.25 Å². The summed E-state index contributed by atoms with van der Waals surface area (Å²) in [7, 11) is 0. The van der Waals surface area contributed by atoms with Crippen LogP contribution in [0, 0.1) is 0 Å². The topological polar surface area (TPSA) is 64.5 Å². The molecule has 1 aromatic heterocycles. The Bertz CT molecular complexity index is 517. The summed E-state index contributed by atoms with van der Waals surface area (Å²) in [4.78, 5) is 9.91. The fourth-order valence-electron chi connectivity index (χ4n) is 1.98. The smallest absolute Gasteiger partial charge is 0.212 e. The molecule has 2 aromatic rings. The van der Waals surface area contributed by atoms with Gasteiger partial charge in [0.15, 0.2) is 5.58 Å². The molecule has 1 fully saturated rings. The Kier molecular flexibility index (Phi) is 2.70. The molecule has 1 aliphatic rings. The van der Waals surface area contributed by atoms with Gasteiger partial charge in [-0.1, -0.05) is 0 Å². The van der Waals surface area contributed by atoms with E-state index >= 15 is 0 Å². The third-order valence-corrected chi connectivity index (χ3v) is 2.84. The number of benzene rings is 1. The van der Waals surface area contributed by atoms with Crippen LogP contribution in [0.1, 0.15) is 18.7 Å². The third kappa shape index (κ3) is 2.25. The van der Waals surface area contributed by atoms with E-state index in [0.717, 1.165) is 37.1 Å².